The van der Waals surface area contributed by atoms with E-state index in [4.69, 9.17) is 14.2 Å². The summed E-state index contributed by atoms with van der Waals surface area (Å²) in [5.74, 6) is 1.80. The van der Waals surface area contributed by atoms with Gasteiger partial charge in [0.05, 0.1) is 20.3 Å². The highest BCUT2D eigenvalue weighted by atomic mass is 16.5. The van der Waals surface area contributed by atoms with Gasteiger partial charge in [0, 0.05) is 19.6 Å². The average molecular weight is 251 g/mol. The van der Waals surface area contributed by atoms with Crippen LogP contribution in [0.4, 0.5) is 0 Å². The van der Waals surface area contributed by atoms with Crippen LogP contribution in [0, 0.1) is 6.92 Å². The van der Waals surface area contributed by atoms with Crippen LogP contribution in [-0.4, -0.2) is 51.5 Å². The minimum absolute atomic E-state index is 0.714. The van der Waals surface area contributed by atoms with Crippen molar-refractivity contribution in [2.75, 3.05) is 46.6 Å². The molecule has 4 heteroatoms. The van der Waals surface area contributed by atoms with Crippen molar-refractivity contribution in [2.45, 2.75) is 6.92 Å². The smallest absolute Gasteiger partial charge is 0.122 e. The van der Waals surface area contributed by atoms with Crippen LogP contribution in [0.15, 0.2) is 18.2 Å². The largest absolute Gasteiger partial charge is 0.496 e. The summed E-state index contributed by atoms with van der Waals surface area (Å²) in [5.41, 5.74) is 1.10. The first kappa shape index (κ1) is 13.2. The number of morpholine rings is 1. The first-order valence-corrected chi connectivity index (χ1v) is 6.37. The van der Waals surface area contributed by atoms with Gasteiger partial charge in [0.2, 0.25) is 0 Å². The number of aryl methyl sites for hydroxylation is 1. The Morgan fingerprint density at radius 3 is 2.72 bits per heavy atom. The van der Waals surface area contributed by atoms with Crippen molar-refractivity contribution in [3.8, 4) is 11.5 Å². The predicted molar refractivity (Wildman–Crippen MR) is 70.5 cm³/mol. The molecular formula is C14H21NO3. The van der Waals surface area contributed by atoms with Gasteiger partial charge in [-0.25, -0.2) is 0 Å². The van der Waals surface area contributed by atoms with Crippen molar-refractivity contribution in [3.05, 3.63) is 23.8 Å². The summed E-state index contributed by atoms with van der Waals surface area (Å²) in [5, 5.41) is 0. The number of hydrogen-bond acceptors (Lipinski definition) is 4. The van der Waals surface area contributed by atoms with Gasteiger partial charge in [0.15, 0.2) is 0 Å². The van der Waals surface area contributed by atoms with Crippen molar-refractivity contribution < 1.29 is 14.2 Å². The van der Waals surface area contributed by atoms with Crippen LogP contribution in [0.25, 0.3) is 0 Å². The normalized spacial score (nSPS) is 16.6. The lowest BCUT2D eigenvalue weighted by Crippen LogP contribution is -2.38. The number of nitrogens with zero attached hydrogens (tertiary/aromatic N) is 1. The van der Waals surface area contributed by atoms with Gasteiger partial charge in [-0.15, -0.1) is 0 Å². The molecule has 1 aliphatic rings. The SMILES string of the molecule is COc1ccc(OCCN2CCOCC2)cc1C. The fourth-order valence-electron chi connectivity index (χ4n) is 2.06. The molecule has 0 amide bonds. The molecule has 4 nitrogen and oxygen atoms in total. The Balaban J connectivity index is 1.77. The Labute approximate surface area is 108 Å². The maximum Gasteiger partial charge on any atom is 0.122 e. The van der Waals surface area contributed by atoms with E-state index in [1.165, 1.54) is 0 Å². The molecule has 100 valence electrons. The zero-order chi connectivity index (χ0) is 12.8. The molecule has 0 aliphatic carbocycles. The number of methoxy groups -OCH3 is 1. The van der Waals surface area contributed by atoms with E-state index < -0.39 is 0 Å². The summed E-state index contributed by atoms with van der Waals surface area (Å²) in [6.07, 6.45) is 0. The molecule has 2 rings (SSSR count). The Hall–Kier alpha value is -1.26. The summed E-state index contributed by atoms with van der Waals surface area (Å²) < 4.78 is 16.3. The van der Waals surface area contributed by atoms with Crippen LogP contribution in [0.1, 0.15) is 5.56 Å². The molecular weight excluding hydrogens is 230 g/mol. The fourth-order valence-corrected chi connectivity index (χ4v) is 2.06. The molecule has 1 fully saturated rings. The van der Waals surface area contributed by atoms with E-state index in [0.717, 1.165) is 49.9 Å². The van der Waals surface area contributed by atoms with E-state index in [1.807, 2.05) is 25.1 Å². The summed E-state index contributed by atoms with van der Waals surface area (Å²) >= 11 is 0. The first-order chi connectivity index (χ1) is 8.79. The molecule has 0 saturated carbocycles. The third-order valence-electron chi connectivity index (χ3n) is 3.15. The summed E-state index contributed by atoms with van der Waals surface area (Å²) in [6.45, 7) is 7.37. The van der Waals surface area contributed by atoms with Crippen molar-refractivity contribution in [2.24, 2.45) is 0 Å². The average Bonchev–Trinajstić information content (AvgIpc) is 2.40. The predicted octanol–water partition coefficient (Wildman–Crippen LogP) is 1.71. The van der Waals surface area contributed by atoms with Crippen LogP contribution in [0.5, 0.6) is 11.5 Å². The molecule has 18 heavy (non-hydrogen) atoms. The van der Waals surface area contributed by atoms with Crippen LogP contribution in [-0.2, 0) is 4.74 Å². The Bertz CT molecular complexity index is 375. The lowest BCUT2D eigenvalue weighted by molar-refractivity contribution is 0.0322. The molecule has 0 atom stereocenters. The maximum absolute atomic E-state index is 5.75. The van der Waals surface area contributed by atoms with E-state index in [1.54, 1.807) is 7.11 Å². The van der Waals surface area contributed by atoms with Crippen molar-refractivity contribution in [1.82, 2.24) is 4.90 Å². The molecule has 1 aliphatic heterocycles. The van der Waals surface area contributed by atoms with Crippen molar-refractivity contribution >= 4 is 0 Å². The van der Waals surface area contributed by atoms with Crippen LogP contribution in [0.3, 0.4) is 0 Å². The molecule has 1 saturated heterocycles. The van der Waals surface area contributed by atoms with Gasteiger partial charge in [-0.1, -0.05) is 0 Å². The van der Waals surface area contributed by atoms with Gasteiger partial charge in [0.1, 0.15) is 18.1 Å². The molecule has 1 aromatic carbocycles. The summed E-state index contributed by atoms with van der Waals surface area (Å²) in [7, 11) is 1.68. The van der Waals surface area contributed by atoms with Gasteiger partial charge in [0.25, 0.3) is 0 Å². The minimum atomic E-state index is 0.714. The summed E-state index contributed by atoms with van der Waals surface area (Å²) in [6, 6.07) is 5.91. The van der Waals surface area contributed by atoms with E-state index in [2.05, 4.69) is 4.90 Å². The zero-order valence-corrected chi connectivity index (χ0v) is 11.1. The van der Waals surface area contributed by atoms with E-state index in [0.29, 0.717) is 6.61 Å². The second-order valence-corrected chi connectivity index (χ2v) is 4.43. The molecule has 0 bridgehead atoms. The monoisotopic (exact) mass is 251 g/mol. The first-order valence-electron chi connectivity index (χ1n) is 6.37. The lowest BCUT2D eigenvalue weighted by Gasteiger charge is -2.26. The topological polar surface area (TPSA) is 30.9 Å². The highest BCUT2D eigenvalue weighted by molar-refractivity contribution is 5.39. The fraction of sp³-hybridized carbons (Fsp3) is 0.571. The van der Waals surface area contributed by atoms with Crippen LogP contribution in [0.2, 0.25) is 0 Å². The van der Waals surface area contributed by atoms with Crippen LogP contribution < -0.4 is 9.47 Å². The maximum atomic E-state index is 5.75. The second-order valence-electron chi connectivity index (χ2n) is 4.43. The Morgan fingerprint density at radius 1 is 1.28 bits per heavy atom. The minimum Gasteiger partial charge on any atom is -0.496 e. The quantitative estimate of drug-likeness (QED) is 0.797. The highest BCUT2D eigenvalue weighted by Gasteiger charge is 2.09. The molecule has 0 N–H and O–H groups in total. The summed E-state index contributed by atoms with van der Waals surface area (Å²) in [4.78, 5) is 2.36. The highest BCUT2D eigenvalue weighted by Crippen LogP contribution is 2.22. The molecule has 0 unspecified atom stereocenters. The van der Waals surface area contributed by atoms with Gasteiger partial charge >= 0.3 is 0 Å². The standard InChI is InChI=1S/C14H21NO3/c1-12-11-13(3-4-14(12)16-2)18-10-7-15-5-8-17-9-6-15/h3-4,11H,5-10H2,1-2H3. The van der Waals surface area contributed by atoms with Crippen molar-refractivity contribution in [3.63, 3.8) is 0 Å². The van der Waals surface area contributed by atoms with Crippen molar-refractivity contribution in [1.29, 1.82) is 0 Å². The molecule has 0 spiro atoms. The molecule has 0 radical (unpaired) electrons. The molecule has 1 aromatic rings. The number of benzene rings is 1. The van der Waals surface area contributed by atoms with Gasteiger partial charge in [-0.05, 0) is 30.7 Å². The van der Waals surface area contributed by atoms with Crippen LogP contribution >= 0.6 is 0 Å². The van der Waals surface area contributed by atoms with Gasteiger partial charge in [-0.2, -0.15) is 0 Å². The third-order valence-corrected chi connectivity index (χ3v) is 3.15. The molecule has 1 heterocycles. The second kappa shape index (κ2) is 6.61. The third kappa shape index (κ3) is 3.62. The lowest BCUT2D eigenvalue weighted by atomic mass is 10.2. The van der Waals surface area contributed by atoms with Gasteiger partial charge < -0.3 is 14.2 Å². The number of hydrogen-bond donors (Lipinski definition) is 0. The Morgan fingerprint density at radius 2 is 2.06 bits per heavy atom. The number of rotatable bonds is 5. The van der Waals surface area contributed by atoms with E-state index in [-0.39, 0.29) is 0 Å². The number of ether oxygens (including phenoxy) is 3. The van der Waals surface area contributed by atoms with E-state index >= 15 is 0 Å². The Kier molecular flexibility index (Phi) is 4.84. The zero-order valence-electron chi connectivity index (χ0n) is 11.1. The van der Waals surface area contributed by atoms with E-state index in [9.17, 15) is 0 Å². The van der Waals surface area contributed by atoms with Gasteiger partial charge in [-0.3, -0.25) is 4.90 Å². The molecule has 0 aromatic heterocycles.